The van der Waals surface area contributed by atoms with E-state index in [0.717, 1.165) is 12.0 Å². The van der Waals surface area contributed by atoms with E-state index in [9.17, 15) is 18.0 Å². The molecule has 6 nitrogen and oxygen atoms in total. The van der Waals surface area contributed by atoms with Crippen LogP contribution < -0.4 is 10.6 Å². The first-order valence-corrected chi connectivity index (χ1v) is 10.5. The predicted octanol–water partition coefficient (Wildman–Crippen LogP) is 3.02. The highest BCUT2D eigenvalue weighted by Crippen LogP contribution is 2.15. The Hall–Kier alpha value is -2.67. The van der Waals surface area contributed by atoms with Gasteiger partial charge in [0.25, 0.3) is 0 Å². The summed E-state index contributed by atoms with van der Waals surface area (Å²) in [5.74, 6) is -2.04. The number of rotatable bonds is 8. The van der Waals surface area contributed by atoms with E-state index in [1.807, 2.05) is 19.1 Å². The van der Waals surface area contributed by atoms with Crippen LogP contribution in [0, 0.1) is 0 Å². The minimum atomic E-state index is -3.95. The molecule has 1 atom stereocenters. The van der Waals surface area contributed by atoms with Crippen LogP contribution in [-0.4, -0.2) is 31.2 Å². The fraction of sp³-hybridized carbons (Fsp3) is 0.300. The van der Waals surface area contributed by atoms with Crippen LogP contribution in [0.25, 0.3) is 0 Å². The second kappa shape index (κ2) is 9.32. The number of carbonyl (C=O) groups excluding carboxylic acids is 2. The maximum Gasteiger partial charge on any atom is 0.242 e. The molecule has 0 aliphatic heterocycles. The molecule has 0 spiro atoms. The Bertz CT molecular complexity index is 878. The first-order chi connectivity index (χ1) is 12.9. The van der Waals surface area contributed by atoms with E-state index in [2.05, 4.69) is 10.6 Å². The van der Waals surface area contributed by atoms with Crippen molar-refractivity contribution in [3.63, 3.8) is 0 Å². The van der Waals surface area contributed by atoms with E-state index in [4.69, 9.17) is 0 Å². The van der Waals surface area contributed by atoms with Crippen LogP contribution in [0.5, 0.6) is 0 Å². The number of aryl methyl sites for hydroxylation is 1. The van der Waals surface area contributed by atoms with Crippen LogP contribution in [0.1, 0.15) is 25.8 Å². The Labute approximate surface area is 159 Å². The zero-order valence-corrected chi connectivity index (χ0v) is 16.3. The van der Waals surface area contributed by atoms with Crippen LogP contribution in [0.3, 0.4) is 0 Å². The van der Waals surface area contributed by atoms with Crippen molar-refractivity contribution in [3.05, 3.63) is 60.2 Å². The lowest BCUT2D eigenvalue weighted by Gasteiger charge is -2.16. The molecule has 0 saturated carbocycles. The van der Waals surface area contributed by atoms with Gasteiger partial charge in [-0.05, 0) is 42.7 Å². The highest BCUT2D eigenvalue weighted by atomic mass is 32.2. The van der Waals surface area contributed by atoms with Gasteiger partial charge in [0.05, 0.1) is 0 Å². The van der Waals surface area contributed by atoms with Crippen LogP contribution in [-0.2, 0) is 25.8 Å². The first kappa shape index (κ1) is 20.6. The molecule has 0 bridgehead atoms. The summed E-state index contributed by atoms with van der Waals surface area (Å²) in [5.41, 5.74) is 2.15. The molecule has 0 radical (unpaired) electrons. The number of para-hydroxylation sites is 1. The smallest absolute Gasteiger partial charge is 0.242 e. The molecule has 1 unspecified atom stereocenters. The van der Waals surface area contributed by atoms with Crippen LogP contribution in [0.15, 0.2) is 54.6 Å². The molecule has 2 N–H and O–H groups in total. The number of benzene rings is 2. The van der Waals surface area contributed by atoms with Crippen LogP contribution >= 0.6 is 0 Å². The Morgan fingerprint density at radius 1 is 0.889 bits per heavy atom. The third-order valence-electron chi connectivity index (χ3n) is 4.12. The molecule has 7 heteroatoms. The summed E-state index contributed by atoms with van der Waals surface area (Å²) in [5, 5.41) is 3.86. The van der Waals surface area contributed by atoms with Gasteiger partial charge in [-0.15, -0.1) is 0 Å². The lowest BCUT2D eigenvalue weighted by atomic mass is 10.1. The monoisotopic (exact) mass is 388 g/mol. The van der Waals surface area contributed by atoms with Crippen molar-refractivity contribution in [2.24, 2.45) is 0 Å². The minimum Gasteiger partial charge on any atom is -0.325 e. The Balaban J connectivity index is 2.04. The Morgan fingerprint density at radius 3 is 2.04 bits per heavy atom. The highest BCUT2D eigenvalue weighted by molar-refractivity contribution is 7.93. The largest absolute Gasteiger partial charge is 0.325 e. The summed E-state index contributed by atoms with van der Waals surface area (Å²) in [7, 11) is -3.95. The fourth-order valence-corrected chi connectivity index (χ4v) is 4.18. The standard InChI is InChI=1S/C20H24N2O4S/c1-3-15-10-12-17(13-11-15)22-20(24)18(4-2)27(25,26)14-19(23)21-16-8-6-5-7-9-16/h5-13,18H,3-4,14H2,1-2H3,(H,21,23)(H,22,24). The molecule has 0 aromatic heterocycles. The zero-order valence-electron chi connectivity index (χ0n) is 15.4. The van der Waals surface area contributed by atoms with E-state index in [1.165, 1.54) is 0 Å². The number of carbonyl (C=O) groups is 2. The normalized spacial score (nSPS) is 12.2. The van der Waals surface area contributed by atoms with Crippen molar-refractivity contribution in [1.29, 1.82) is 0 Å². The molecule has 0 aliphatic carbocycles. The molecular weight excluding hydrogens is 364 g/mol. The van der Waals surface area contributed by atoms with Crippen LogP contribution in [0.4, 0.5) is 11.4 Å². The second-order valence-electron chi connectivity index (χ2n) is 6.16. The summed E-state index contributed by atoms with van der Waals surface area (Å²) in [4.78, 5) is 24.5. The van der Waals surface area contributed by atoms with Gasteiger partial charge in [-0.1, -0.05) is 44.2 Å². The lowest BCUT2D eigenvalue weighted by molar-refractivity contribution is -0.115. The van der Waals surface area contributed by atoms with Gasteiger partial charge in [-0.3, -0.25) is 9.59 Å². The molecule has 2 amide bonds. The average molecular weight is 388 g/mol. The average Bonchev–Trinajstić information content (AvgIpc) is 2.62. The summed E-state index contributed by atoms with van der Waals surface area (Å²) >= 11 is 0. The zero-order chi connectivity index (χ0) is 19.9. The molecule has 0 heterocycles. The van der Waals surface area contributed by atoms with E-state index < -0.39 is 32.7 Å². The van der Waals surface area contributed by atoms with E-state index >= 15 is 0 Å². The van der Waals surface area contributed by atoms with E-state index in [-0.39, 0.29) is 6.42 Å². The topological polar surface area (TPSA) is 92.3 Å². The molecule has 2 rings (SSSR count). The summed E-state index contributed by atoms with van der Waals surface area (Å²) in [6.07, 6.45) is 0.955. The number of nitrogens with one attached hydrogen (secondary N) is 2. The predicted molar refractivity (Wildman–Crippen MR) is 107 cm³/mol. The maximum absolute atomic E-state index is 12.6. The van der Waals surface area contributed by atoms with Gasteiger partial charge in [-0.2, -0.15) is 0 Å². The third kappa shape index (κ3) is 5.92. The number of amides is 2. The van der Waals surface area contributed by atoms with Gasteiger partial charge in [0.1, 0.15) is 11.0 Å². The Morgan fingerprint density at radius 2 is 1.48 bits per heavy atom. The Kier molecular flexibility index (Phi) is 7.12. The number of anilines is 2. The molecule has 27 heavy (non-hydrogen) atoms. The molecule has 0 aliphatic rings. The van der Waals surface area contributed by atoms with Crippen LogP contribution in [0.2, 0.25) is 0 Å². The molecule has 2 aromatic rings. The van der Waals surface area contributed by atoms with Crippen molar-refractivity contribution in [3.8, 4) is 0 Å². The van der Waals surface area contributed by atoms with Gasteiger partial charge in [-0.25, -0.2) is 8.42 Å². The molecule has 144 valence electrons. The SMILES string of the molecule is CCc1ccc(NC(=O)C(CC)S(=O)(=O)CC(=O)Nc2ccccc2)cc1. The van der Waals surface area contributed by atoms with Crippen molar-refractivity contribution >= 4 is 33.0 Å². The quantitative estimate of drug-likeness (QED) is 0.727. The molecule has 0 fully saturated rings. The summed E-state index contributed by atoms with van der Waals surface area (Å²) in [6, 6.07) is 15.8. The van der Waals surface area contributed by atoms with Gasteiger partial charge < -0.3 is 10.6 Å². The van der Waals surface area contributed by atoms with Crippen molar-refractivity contribution in [1.82, 2.24) is 0 Å². The fourth-order valence-electron chi connectivity index (χ4n) is 2.65. The minimum absolute atomic E-state index is 0.0832. The first-order valence-electron chi connectivity index (χ1n) is 8.82. The summed E-state index contributed by atoms with van der Waals surface area (Å²) < 4.78 is 25.1. The molecule has 0 saturated heterocycles. The van der Waals surface area contributed by atoms with Crippen molar-refractivity contribution in [2.75, 3.05) is 16.4 Å². The third-order valence-corrected chi connectivity index (χ3v) is 6.20. The van der Waals surface area contributed by atoms with E-state index in [0.29, 0.717) is 11.4 Å². The molecular formula is C20H24N2O4S. The number of sulfone groups is 1. The number of hydrogen-bond donors (Lipinski definition) is 2. The molecule has 2 aromatic carbocycles. The van der Waals surface area contributed by atoms with Crippen molar-refractivity contribution in [2.45, 2.75) is 31.9 Å². The van der Waals surface area contributed by atoms with Crippen molar-refractivity contribution < 1.29 is 18.0 Å². The lowest BCUT2D eigenvalue weighted by Crippen LogP contribution is -2.39. The van der Waals surface area contributed by atoms with Gasteiger partial charge in [0, 0.05) is 11.4 Å². The number of hydrogen-bond acceptors (Lipinski definition) is 4. The van der Waals surface area contributed by atoms with Gasteiger partial charge >= 0.3 is 0 Å². The van der Waals surface area contributed by atoms with Gasteiger partial charge in [0.2, 0.25) is 11.8 Å². The maximum atomic E-state index is 12.6. The highest BCUT2D eigenvalue weighted by Gasteiger charge is 2.33. The van der Waals surface area contributed by atoms with Gasteiger partial charge in [0.15, 0.2) is 9.84 Å². The summed E-state index contributed by atoms with van der Waals surface area (Å²) in [6.45, 7) is 3.63. The van der Waals surface area contributed by atoms with E-state index in [1.54, 1.807) is 49.4 Å². The second-order valence-corrected chi connectivity index (χ2v) is 8.34.